The minimum atomic E-state index is -0.00592. The lowest BCUT2D eigenvalue weighted by Crippen LogP contribution is -2.47. The first-order chi connectivity index (χ1) is 11.7. The minimum absolute atomic E-state index is 0.00592. The fourth-order valence-corrected chi connectivity index (χ4v) is 3.41. The van der Waals surface area contributed by atoms with Gasteiger partial charge in [0.1, 0.15) is 12.0 Å². The van der Waals surface area contributed by atoms with Crippen molar-refractivity contribution in [3.05, 3.63) is 48.3 Å². The average Bonchev–Trinajstić information content (AvgIpc) is 3.03. The summed E-state index contributed by atoms with van der Waals surface area (Å²) in [5.74, 6) is 1.25. The van der Waals surface area contributed by atoms with Crippen molar-refractivity contribution in [1.82, 2.24) is 10.2 Å². The standard InChI is InChI=1S/C18H20N2O4/c21-17(15-10-14(15)16-2-1-8-24-16)19-13-3-6-20(7-4-13)18(22)12-5-9-23-11-12/h1-2,5,8-9,11,13-15H,3-4,6-7,10H2,(H,19,21). The molecule has 2 aromatic heterocycles. The van der Waals surface area contributed by atoms with Crippen LogP contribution >= 0.6 is 0 Å². The van der Waals surface area contributed by atoms with E-state index in [9.17, 15) is 9.59 Å². The fraction of sp³-hybridized carbons (Fsp3) is 0.444. The maximum Gasteiger partial charge on any atom is 0.257 e. The second-order valence-electron chi connectivity index (χ2n) is 6.55. The van der Waals surface area contributed by atoms with E-state index in [1.165, 1.54) is 12.5 Å². The van der Waals surface area contributed by atoms with Gasteiger partial charge in [0.2, 0.25) is 5.91 Å². The van der Waals surface area contributed by atoms with Crippen LogP contribution in [-0.2, 0) is 4.79 Å². The molecule has 4 rings (SSSR count). The van der Waals surface area contributed by atoms with Crippen LogP contribution in [0.3, 0.4) is 0 Å². The van der Waals surface area contributed by atoms with E-state index in [1.807, 2.05) is 17.0 Å². The molecule has 2 fully saturated rings. The lowest BCUT2D eigenvalue weighted by atomic mass is 10.0. The molecule has 0 bridgehead atoms. The van der Waals surface area contributed by atoms with Gasteiger partial charge < -0.3 is 19.1 Å². The van der Waals surface area contributed by atoms with Crippen LogP contribution in [0.5, 0.6) is 0 Å². The van der Waals surface area contributed by atoms with Gasteiger partial charge in [-0.3, -0.25) is 9.59 Å². The van der Waals surface area contributed by atoms with Crippen LogP contribution in [0.25, 0.3) is 0 Å². The average molecular weight is 328 g/mol. The van der Waals surface area contributed by atoms with Crippen LogP contribution in [0.15, 0.2) is 45.8 Å². The van der Waals surface area contributed by atoms with Crippen LogP contribution in [0.4, 0.5) is 0 Å². The number of piperidine rings is 1. The Bertz CT molecular complexity index is 699. The van der Waals surface area contributed by atoms with Crippen molar-refractivity contribution >= 4 is 11.8 Å². The zero-order chi connectivity index (χ0) is 16.5. The topological polar surface area (TPSA) is 75.7 Å². The number of hydrogen-bond acceptors (Lipinski definition) is 4. The van der Waals surface area contributed by atoms with E-state index < -0.39 is 0 Å². The van der Waals surface area contributed by atoms with Gasteiger partial charge in [0.25, 0.3) is 5.91 Å². The summed E-state index contributed by atoms with van der Waals surface area (Å²) in [4.78, 5) is 26.4. The van der Waals surface area contributed by atoms with Gasteiger partial charge in [-0.1, -0.05) is 0 Å². The summed E-state index contributed by atoms with van der Waals surface area (Å²) in [6.45, 7) is 1.31. The number of carbonyl (C=O) groups excluding carboxylic acids is 2. The smallest absolute Gasteiger partial charge is 0.257 e. The third-order valence-electron chi connectivity index (χ3n) is 4.93. The van der Waals surface area contributed by atoms with Crippen LogP contribution in [-0.4, -0.2) is 35.8 Å². The van der Waals surface area contributed by atoms with Gasteiger partial charge in [-0.25, -0.2) is 0 Å². The maximum absolute atomic E-state index is 12.3. The van der Waals surface area contributed by atoms with Gasteiger partial charge in [0.05, 0.1) is 18.1 Å². The Morgan fingerprint density at radius 1 is 1.17 bits per heavy atom. The highest BCUT2D eigenvalue weighted by Crippen LogP contribution is 2.47. The lowest BCUT2D eigenvalue weighted by molar-refractivity contribution is -0.123. The first-order valence-electron chi connectivity index (χ1n) is 8.37. The quantitative estimate of drug-likeness (QED) is 0.935. The highest BCUT2D eigenvalue weighted by Gasteiger charge is 2.46. The van der Waals surface area contributed by atoms with Crippen molar-refractivity contribution in [3.63, 3.8) is 0 Å². The Morgan fingerprint density at radius 3 is 2.67 bits per heavy atom. The zero-order valence-corrected chi connectivity index (χ0v) is 13.3. The van der Waals surface area contributed by atoms with E-state index in [0.717, 1.165) is 25.0 Å². The predicted molar refractivity (Wildman–Crippen MR) is 85.3 cm³/mol. The van der Waals surface area contributed by atoms with Gasteiger partial charge in [-0.2, -0.15) is 0 Å². The predicted octanol–water partition coefficient (Wildman–Crippen LogP) is 2.40. The molecule has 126 valence electrons. The molecule has 1 saturated carbocycles. The Hall–Kier alpha value is -2.50. The maximum atomic E-state index is 12.3. The summed E-state index contributed by atoms with van der Waals surface area (Å²) in [7, 11) is 0. The van der Waals surface area contributed by atoms with E-state index in [0.29, 0.717) is 18.7 Å². The molecule has 6 heteroatoms. The number of nitrogens with one attached hydrogen (secondary N) is 1. The molecule has 2 atom stereocenters. The van der Waals surface area contributed by atoms with Crippen molar-refractivity contribution in [1.29, 1.82) is 0 Å². The minimum Gasteiger partial charge on any atom is -0.472 e. The second-order valence-corrected chi connectivity index (χ2v) is 6.55. The van der Waals surface area contributed by atoms with Gasteiger partial charge in [0.15, 0.2) is 0 Å². The van der Waals surface area contributed by atoms with E-state index in [-0.39, 0.29) is 29.7 Å². The fourth-order valence-electron chi connectivity index (χ4n) is 3.41. The van der Waals surface area contributed by atoms with Crippen LogP contribution in [0.2, 0.25) is 0 Å². The summed E-state index contributed by atoms with van der Waals surface area (Å²) in [5, 5.41) is 3.13. The SMILES string of the molecule is O=C(NC1CCN(C(=O)c2ccoc2)CC1)C1CC1c1ccco1. The molecule has 1 aliphatic heterocycles. The number of likely N-dealkylation sites (tertiary alicyclic amines) is 1. The first-order valence-corrected chi connectivity index (χ1v) is 8.37. The number of amides is 2. The van der Waals surface area contributed by atoms with E-state index in [4.69, 9.17) is 8.83 Å². The number of rotatable bonds is 4. The van der Waals surface area contributed by atoms with Crippen molar-refractivity contribution in [3.8, 4) is 0 Å². The highest BCUT2D eigenvalue weighted by molar-refractivity contribution is 5.93. The van der Waals surface area contributed by atoms with Crippen molar-refractivity contribution in [2.75, 3.05) is 13.1 Å². The lowest BCUT2D eigenvalue weighted by Gasteiger charge is -2.32. The summed E-state index contributed by atoms with van der Waals surface area (Å²) >= 11 is 0. The van der Waals surface area contributed by atoms with Gasteiger partial charge in [0, 0.05) is 31.0 Å². The highest BCUT2D eigenvalue weighted by atomic mass is 16.3. The molecule has 2 aliphatic rings. The Kier molecular flexibility index (Phi) is 3.88. The van der Waals surface area contributed by atoms with Gasteiger partial charge in [-0.15, -0.1) is 0 Å². The van der Waals surface area contributed by atoms with Crippen molar-refractivity contribution in [2.45, 2.75) is 31.2 Å². The number of hydrogen-bond donors (Lipinski definition) is 1. The number of nitrogens with zero attached hydrogens (tertiary/aromatic N) is 1. The second kappa shape index (κ2) is 6.19. The number of furan rings is 2. The number of carbonyl (C=O) groups is 2. The molecule has 0 spiro atoms. The Morgan fingerprint density at radius 2 is 2.00 bits per heavy atom. The summed E-state index contributed by atoms with van der Waals surface area (Å²) in [6.07, 6.45) is 7.05. The molecule has 1 aliphatic carbocycles. The molecule has 2 unspecified atom stereocenters. The van der Waals surface area contributed by atoms with Gasteiger partial charge >= 0.3 is 0 Å². The van der Waals surface area contributed by atoms with Gasteiger partial charge in [-0.05, 0) is 37.5 Å². The molecule has 2 aromatic rings. The van der Waals surface area contributed by atoms with Crippen LogP contribution in [0.1, 0.15) is 41.3 Å². The monoisotopic (exact) mass is 328 g/mol. The third-order valence-corrected chi connectivity index (χ3v) is 4.93. The molecule has 2 amide bonds. The summed E-state index contributed by atoms with van der Waals surface area (Å²) in [6, 6.07) is 5.61. The normalized spacial score (nSPS) is 23.9. The molecule has 3 heterocycles. The zero-order valence-electron chi connectivity index (χ0n) is 13.3. The van der Waals surface area contributed by atoms with E-state index in [1.54, 1.807) is 12.3 Å². The van der Waals surface area contributed by atoms with Crippen molar-refractivity contribution in [2.24, 2.45) is 5.92 Å². The summed E-state index contributed by atoms with van der Waals surface area (Å²) in [5.41, 5.74) is 0.580. The molecule has 1 N–H and O–H groups in total. The Labute approximate surface area is 139 Å². The van der Waals surface area contributed by atoms with Crippen molar-refractivity contribution < 1.29 is 18.4 Å². The van der Waals surface area contributed by atoms with Crippen LogP contribution < -0.4 is 5.32 Å². The molecule has 1 saturated heterocycles. The van der Waals surface area contributed by atoms with E-state index >= 15 is 0 Å². The van der Waals surface area contributed by atoms with Crippen LogP contribution in [0, 0.1) is 5.92 Å². The molecular weight excluding hydrogens is 308 g/mol. The molecular formula is C18H20N2O4. The summed E-state index contributed by atoms with van der Waals surface area (Å²) < 4.78 is 10.3. The molecule has 0 aromatic carbocycles. The Balaban J connectivity index is 1.25. The molecule has 0 radical (unpaired) electrons. The van der Waals surface area contributed by atoms with E-state index in [2.05, 4.69) is 5.32 Å². The largest absolute Gasteiger partial charge is 0.472 e. The molecule has 24 heavy (non-hydrogen) atoms. The third kappa shape index (κ3) is 2.96. The molecule has 6 nitrogen and oxygen atoms in total. The first kappa shape index (κ1) is 15.1.